The molecule has 246 valence electrons. The summed E-state index contributed by atoms with van der Waals surface area (Å²) in [4.78, 5) is 49.9. The molecule has 0 aromatic carbocycles. The van der Waals surface area contributed by atoms with Crippen LogP contribution in [-0.2, 0) is 55.9 Å². The summed E-state index contributed by atoms with van der Waals surface area (Å²) in [6.45, 7) is -9.25. The lowest BCUT2D eigenvalue weighted by molar-refractivity contribution is -0.183. The number of ether oxygens (including phenoxy) is 3. The molecule has 46 heavy (non-hydrogen) atoms. The SMILES string of the molecule is Nc1nc2c(ncn2[C@@H]2O[C@@H]3COP(O)(=S)O[C@@H]4C5OC[C@]4(COP(O)(=S)OC2[C@H]3O)O[C@H]5n2ccc3c(N)ccnc32)c(=O)[nH]1. The zero-order chi connectivity index (χ0) is 32.2. The molecular weight excluding hydrogens is 690 g/mol. The first-order chi connectivity index (χ1) is 21.8. The number of hydrogen-bond donors (Lipinski definition) is 6. The van der Waals surface area contributed by atoms with Gasteiger partial charge < -0.3 is 54.2 Å². The number of fused-ring (bicyclic) bond motifs is 4. The Morgan fingerprint density at radius 3 is 2.65 bits per heavy atom. The van der Waals surface area contributed by atoms with Gasteiger partial charge in [-0.2, -0.15) is 4.98 Å². The van der Waals surface area contributed by atoms with Crippen molar-refractivity contribution in [3.8, 4) is 0 Å². The van der Waals surface area contributed by atoms with E-state index in [0.717, 1.165) is 0 Å². The quantitative estimate of drug-likeness (QED) is 0.143. The van der Waals surface area contributed by atoms with Crippen molar-refractivity contribution in [2.75, 3.05) is 31.3 Å². The molecular formula is C23H26N8O11P2S2. The van der Waals surface area contributed by atoms with E-state index in [1.165, 1.54) is 10.9 Å². The normalized spacial score (nSPS) is 39.7. The number of aliphatic hydroxyl groups excluding tert-OH is 1. The number of rotatable bonds is 2. The van der Waals surface area contributed by atoms with Crippen LogP contribution < -0.4 is 17.0 Å². The van der Waals surface area contributed by atoms with Gasteiger partial charge in [0.25, 0.3) is 5.56 Å². The molecule has 0 saturated carbocycles. The molecule has 4 aromatic rings. The van der Waals surface area contributed by atoms with Crippen LogP contribution in [0, 0.1) is 0 Å². The molecule has 8 N–H and O–H groups in total. The first-order valence-electron chi connectivity index (χ1n) is 13.7. The molecule has 4 aliphatic heterocycles. The van der Waals surface area contributed by atoms with Crippen molar-refractivity contribution in [2.45, 2.75) is 48.6 Å². The molecule has 19 nitrogen and oxygen atoms in total. The number of imidazole rings is 1. The molecule has 4 bridgehead atoms. The maximum Gasteiger partial charge on any atom is 0.325 e. The second-order valence-electron chi connectivity index (χ2n) is 11.1. The highest BCUT2D eigenvalue weighted by Gasteiger charge is 2.65. The fourth-order valence-corrected chi connectivity index (χ4v) is 9.09. The third kappa shape index (κ3) is 4.94. The molecule has 0 amide bonds. The molecule has 4 aromatic heterocycles. The van der Waals surface area contributed by atoms with Gasteiger partial charge in [0.15, 0.2) is 23.6 Å². The predicted molar refractivity (Wildman–Crippen MR) is 164 cm³/mol. The molecule has 4 unspecified atom stereocenters. The van der Waals surface area contributed by atoms with E-state index >= 15 is 0 Å². The lowest BCUT2D eigenvalue weighted by Gasteiger charge is -2.33. The van der Waals surface area contributed by atoms with E-state index in [2.05, 4.69) is 19.9 Å². The van der Waals surface area contributed by atoms with E-state index in [4.69, 9.17) is 67.4 Å². The summed E-state index contributed by atoms with van der Waals surface area (Å²) in [5.74, 6) is -0.195. The number of nitrogens with two attached hydrogens (primary N) is 2. The number of nitrogens with one attached hydrogen (secondary N) is 1. The van der Waals surface area contributed by atoms with Crippen molar-refractivity contribution < 1.29 is 47.2 Å². The van der Waals surface area contributed by atoms with E-state index in [1.807, 2.05) is 0 Å². The van der Waals surface area contributed by atoms with Crippen molar-refractivity contribution in [1.82, 2.24) is 29.1 Å². The molecule has 23 heteroatoms. The van der Waals surface area contributed by atoms with Gasteiger partial charge in [0.1, 0.15) is 41.8 Å². The second-order valence-corrected chi connectivity index (χ2v) is 16.7. The largest absolute Gasteiger partial charge is 0.398 e. The highest BCUT2D eigenvalue weighted by atomic mass is 32.5. The van der Waals surface area contributed by atoms with Crippen LogP contribution in [0.4, 0.5) is 11.6 Å². The summed E-state index contributed by atoms with van der Waals surface area (Å²) in [6, 6.07) is 3.45. The fourth-order valence-electron chi connectivity index (χ4n) is 6.20. The molecule has 0 aliphatic carbocycles. The first kappa shape index (κ1) is 30.8. The van der Waals surface area contributed by atoms with Crippen LogP contribution in [0.2, 0.25) is 0 Å². The lowest BCUT2D eigenvalue weighted by Crippen LogP contribution is -2.45. The number of H-pyrrole nitrogens is 1. The minimum Gasteiger partial charge on any atom is -0.398 e. The molecule has 4 saturated heterocycles. The van der Waals surface area contributed by atoms with Gasteiger partial charge in [0.05, 0.1) is 26.1 Å². The molecule has 8 rings (SSSR count). The van der Waals surface area contributed by atoms with Crippen molar-refractivity contribution in [1.29, 1.82) is 0 Å². The van der Waals surface area contributed by atoms with Crippen LogP contribution in [-0.4, -0.2) is 99.9 Å². The van der Waals surface area contributed by atoms with Gasteiger partial charge in [-0.05, 0) is 35.7 Å². The first-order valence-corrected chi connectivity index (χ1v) is 18.9. The Morgan fingerprint density at radius 2 is 1.83 bits per heavy atom. The minimum absolute atomic E-state index is 0.00700. The molecule has 0 spiro atoms. The van der Waals surface area contributed by atoms with Crippen LogP contribution >= 0.6 is 13.4 Å². The highest BCUT2D eigenvalue weighted by Crippen LogP contribution is 2.58. The Bertz CT molecular complexity index is 2030. The maximum absolute atomic E-state index is 12.4. The molecule has 4 aliphatic rings. The summed E-state index contributed by atoms with van der Waals surface area (Å²) in [5, 5.41) is 11.9. The summed E-state index contributed by atoms with van der Waals surface area (Å²) in [6.07, 6.45) is -3.57. The van der Waals surface area contributed by atoms with Crippen molar-refractivity contribution >= 4 is 70.9 Å². The van der Waals surface area contributed by atoms with Gasteiger partial charge in [0.2, 0.25) is 5.95 Å². The molecule has 4 fully saturated rings. The Hall–Kier alpha value is -2.46. The van der Waals surface area contributed by atoms with Crippen molar-refractivity contribution in [2.24, 2.45) is 0 Å². The van der Waals surface area contributed by atoms with Gasteiger partial charge in [-0.15, -0.1) is 0 Å². The monoisotopic (exact) mass is 716 g/mol. The third-order valence-electron chi connectivity index (χ3n) is 8.31. The zero-order valence-corrected chi connectivity index (χ0v) is 26.7. The van der Waals surface area contributed by atoms with E-state index in [1.54, 1.807) is 29.1 Å². The summed E-state index contributed by atoms with van der Waals surface area (Å²) in [7, 11) is 0. The van der Waals surface area contributed by atoms with Gasteiger partial charge in [-0.1, -0.05) is 0 Å². The van der Waals surface area contributed by atoms with Crippen LogP contribution in [0.5, 0.6) is 0 Å². The van der Waals surface area contributed by atoms with E-state index in [-0.39, 0.29) is 23.7 Å². The minimum atomic E-state index is -4.20. The number of aromatic amines is 1. The predicted octanol–water partition coefficient (Wildman–Crippen LogP) is -0.491. The fraction of sp³-hybridized carbons (Fsp3) is 0.478. The number of anilines is 2. The Morgan fingerprint density at radius 1 is 1.02 bits per heavy atom. The topological polar surface area (TPSA) is 259 Å². The van der Waals surface area contributed by atoms with E-state index in [0.29, 0.717) is 16.7 Å². The van der Waals surface area contributed by atoms with Gasteiger partial charge in [0, 0.05) is 23.5 Å². The summed E-state index contributed by atoms with van der Waals surface area (Å²) in [5.41, 5.74) is 10.8. The number of aliphatic hydroxyl groups is 1. The Labute approximate surface area is 267 Å². The number of nitrogen functional groups attached to an aromatic ring is 2. The van der Waals surface area contributed by atoms with Crippen LogP contribution in [0.3, 0.4) is 0 Å². The zero-order valence-electron chi connectivity index (χ0n) is 23.3. The summed E-state index contributed by atoms with van der Waals surface area (Å²) >= 11 is 10.7. The van der Waals surface area contributed by atoms with Gasteiger partial charge in [-0.3, -0.25) is 23.4 Å². The Kier molecular flexibility index (Phi) is 7.23. The molecule has 0 radical (unpaired) electrons. The number of nitrogens with zero attached hydrogens (tertiary/aromatic N) is 5. The number of hydrogen-bond acceptors (Lipinski definition) is 16. The Balaban J connectivity index is 1.14. The number of aromatic nitrogens is 6. The number of pyridine rings is 1. The van der Waals surface area contributed by atoms with E-state index in [9.17, 15) is 19.7 Å². The lowest BCUT2D eigenvalue weighted by atomic mass is 10.0. The standard InChI is InChI=1S/C23H26N8O11P2S2/c24-10-1-3-26-17-9(10)2-4-30(17)21-15-16-23(40-21,6-36-15)7-38-44(35,46)41-14-13(32)11(5-37-43(34,45)42-16)39-20(14)31-8-27-12-18(31)28-22(25)29-19(12)33/h1-4,8,11,13-16,20-21,32H,5-7H2,(H2,24,26)(H,34,45)(H,35,46)(H3,25,28,29,33)/t11-,13+,14?,15?,16-,20-,21-,23-,43?,44?/m1/s1. The average Bonchev–Trinajstić information content (AvgIpc) is 3.80. The van der Waals surface area contributed by atoms with Gasteiger partial charge >= 0.3 is 13.4 Å². The molecule has 8 heterocycles. The summed E-state index contributed by atoms with van der Waals surface area (Å²) < 4.78 is 44.9. The molecule has 10 atom stereocenters. The maximum atomic E-state index is 12.4. The second kappa shape index (κ2) is 10.8. The highest BCUT2D eigenvalue weighted by molar-refractivity contribution is 8.07. The van der Waals surface area contributed by atoms with Crippen molar-refractivity contribution in [3.63, 3.8) is 0 Å². The van der Waals surface area contributed by atoms with Crippen molar-refractivity contribution in [3.05, 3.63) is 41.2 Å². The smallest absolute Gasteiger partial charge is 0.325 e. The third-order valence-corrected chi connectivity index (χ3v) is 11.4. The van der Waals surface area contributed by atoms with Crippen LogP contribution in [0.1, 0.15) is 12.5 Å². The van der Waals surface area contributed by atoms with E-state index < -0.39 is 80.8 Å². The van der Waals surface area contributed by atoms with Crippen LogP contribution in [0.25, 0.3) is 22.2 Å². The average molecular weight is 717 g/mol. The van der Waals surface area contributed by atoms with Crippen LogP contribution in [0.15, 0.2) is 35.6 Å². The van der Waals surface area contributed by atoms with Gasteiger partial charge in [-0.25, -0.2) is 9.97 Å².